The minimum absolute atomic E-state index is 0.285. The van der Waals surface area contributed by atoms with Gasteiger partial charge in [-0.1, -0.05) is 47.5 Å². The molecule has 1 unspecified atom stereocenters. The van der Waals surface area contributed by atoms with E-state index in [1.807, 2.05) is 18.2 Å². The van der Waals surface area contributed by atoms with Crippen molar-refractivity contribution < 1.29 is 9.90 Å². The lowest BCUT2D eigenvalue weighted by molar-refractivity contribution is 0.0563. The molecule has 2 aliphatic rings. The van der Waals surface area contributed by atoms with Crippen LogP contribution in [0.25, 0.3) is 0 Å². The zero-order valence-corrected chi connectivity index (χ0v) is 15.6. The number of aliphatic hydroxyl groups is 1. The predicted molar refractivity (Wildman–Crippen MR) is 101 cm³/mol. The molecule has 0 bridgehead atoms. The highest BCUT2D eigenvalue weighted by atomic mass is 35.5. The summed E-state index contributed by atoms with van der Waals surface area (Å²) >= 11 is 11.8. The van der Waals surface area contributed by atoms with E-state index in [9.17, 15) is 9.90 Å². The SMILES string of the molecule is CN1C(=O)N[C@@H](Cc2ccc(Cl)cc2Cl)C1O.c1ccc2c(c1)CN=N2. The lowest BCUT2D eigenvalue weighted by atomic mass is 10.1. The van der Waals surface area contributed by atoms with Gasteiger partial charge >= 0.3 is 6.03 Å². The second-order valence-electron chi connectivity index (χ2n) is 6.05. The van der Waals surface area contributed by atoms with Crippen molar-refractivity contribution in [3.8, 4) is 0 Å². The van der Waals surface area contributed by atoms with Gasteiger partial charge in [0.25, 0.3) is 0 Å². The number of amides is 2. The molecule has 26 heavy (non-hydrogen) atoms. The highest BCUT2D eigenvalue weighted by Gasteiger charge is 2.35. The van der Waals surface area contributed by atoms with E-state index < -0.39 is 6.23 Å². The minimum Gasteiger partial charge on any atom is -0.371 e. The van der Waals surface area contributed by atoms with Crippen molar-refractivity contribution in [3.63, 3.8) is 0 Å². The number of benzene rings is 2. The van der Waals surface area contributed by atoms with Gasteiger partial charge in [0.1, 0.15) is 0 Å². The van der Waals surface area contributed by atoms with Crippen LogP contribution in [0.1, 0.15) is 11.1 Å². The monoisotopic (exact) mass is 392 g/mol. The van der Waals surface area contributed by atoms with Crippen LogP contribution in [0.2, 0.25) is 10.0 Å². The number of aliphatic hydroxyl groups excluding tert-OH is 1. The van der Waals surface area contributed by atoms with Crippen LogP contribution in [0.15, 0.2) is 52.7 Å². The van der Waals surface area contributed by atoms with Crippen molar-refractivity contribution in [2.45, 2.75) is 25.2 Å². The molecule has 4 rings (SSSR count). The van der Waals surface area contributed by atoms with E-state index in [1.165, 1.54) is 10.5 Å². The number of rotatable bonds is 2. The molecule has 2 amide bonds. The first-order chi connectivity index (χ1) is 12.5. The molecule has 2 N–H and O–H groups in total. The summed E-state index contributed by atoms with van der Waals surface area (Å²) < 4.78 is 0. The van der Waals surface area contributed by atoms with Gasteiger partial charge in [-0.2, -0.15) is 10.2 Å². The molecule has 2 aromatic rings. The van der Waals surface area contributed by atoms with Gasteiger partial charge in [-0.15, -0.1) is 0 Å². The van der Waals surface area contributed by atoms with Crippen LogP contribution in [0.3, 0.4) is 0 Å². The lowest BCUT2D eigenvalue weighted by Gasteiger charge is -2.17. The van der Waals surface area contributed by atoms with Crippen LogP contribution < -0.4 is 5.32 Å². The third-order valence-electron chi connectivity index (χ3n) is 4.25. The van der Waals surface area contributed by atoms with E-state index in [0.717, 1.165) is 17.8 Å². The number of nitrogens with one attached hydrogen (secondary N) is 1. The van der Waals surface area contributed by atoms with E-state index >= 15 is 0 Å². The zero-order valence-electron chi connectivity index (χ0n) is 14.1. The molecule has 1 saturated heterocycles. The normalized spacial score (nSPS) is 20.5. The first kappa shape index (κ1) is 18.6. The van der Waals surface area contributed by atoms with Gasteiger partial charge < -0.3 is 15.3 Å². The van der Waals surface area contributed by atoms with Crippen LogP contribution in [0, 0.1) is 0 Å². The average molecular weight is 393 g/mol. The van der Waals surface area contributed by atoms with Crippen molar-refractivity contribution in [1.82, 2.24) is 10.2 Å². The second kappa shape index (κ2) is 8.03. The van der Waals surface area contributed by atoms with E-state index in [2.05, 4.69) is 21.6 Å². The number of carbonyl (C=O) groups excluding carboxylic acids is 1. The second-order valence-corrected chi connectivity index (χ2v) is 6.89. The Morgan fingerprint density at radius 3 is 2.69 bits per heavy atom. The van der Waals surface area contributed by atoms with E-state index in [1.54, 1.807) is 25.2 Å². The van der Waals surface area contributed by atoms with Gasteiger partial charge in [-0.3, -0.25) is 0 Å². The minimum atomic E-state index is -0.839. The molecule has 1 fully saturated rings. The number of urea groups is 1. The number of carbonyl (C=O) groups is 1. The fourth-order valence-corrected chi connectivity index (χ4v) is 3.22. The molecule has 8 heteroatoms. The summed E-state index contributed by atoms with van der Waals surface area (Å²) in [5.74, 6) is 0. The number of nitrogens with zero attached hydrogens (tertiary/aromatic N) is 3. The van der Waals surface area contributed by atoms with Gasteiger partial charge in [0, 0.05) is 22.7 Å². The summed E-state index contributed by atoms with van der Waals surface area (Å²) in [6, 6.07) is 12.5. The molecule has 2 aliphatic heterocycles. The first-order valence-corrected chi connectivity index (χ1v) is 8.82. The molecule has 0 aromatic heterocycles. The largest absolute Gasteiger partial charge is 0.371 e. The van der Waals surface area contributed by atoms with Crippen LogP contribution >= 0.6 is 23.2 Å². The lowest BCUT2D eigenvalue weighted by Crippen LogP contribution is -2.35. The number of likely N-dealkylation sites (N-methyl/N-ethyl adjacent to an activating group) is 1. The van der Waals surface area contributed by atoms with Crippen molar-refractivity contribution >= 4 is 34.9 Å². The van der Waals surface area contributed by atoms with E-state index in [-0.39, 0.29) is 12.1 Å². The Hall–Kier alpha value is -2.15. The van der Waals surface area contributed by atoms with Crippen LogP contribution in [-0.2, 0) is 13.0 Å². The summed E-state index contributed by atoms with van der Waals surface area (Å²) in [7, 11) is 1.55. The number of hydrogen-bond acceptors (Lipinski definition) is 4. The van der Waals surface area contributed by atoms with Crippen molar-refractivity contribution in [1.29, 1.82) is 0 Å². The average Bonchev–Trinajstić information content (AvgIpc) is 3.19. The van der Waals surface area contributed by atoms with Crippen molar-refractivity contribution in [2.24, 2.45) is 10.2 Å². The highest BCUT2D eigenvalue weighted by molar-refractivity contribution is 6.35. The Bertz CT molecular complexity index is 844. The standard InChI is InChI=1S/C11H12Cl2N2O2.C7H6N2/c1-15-10(16)9(14-11(15)17)4-6-2-3-7(12)5-8(6)13;1-2-4-7-6(3-1)5-8-9-7/h2-3,5,9-10,16H,4H2,1H3,(H,14,17);1-4H,5H2/t9-,10?;/m0./s1. The van der Waals surface area contributed by atoms with E-state index in [4.69, 9.17) is 23.2 Å². The molecule has 0 saturated carbocycles. The summed E-state index contributed by atoms with van der Waals surface area (Å²) in [6.07, 6.45) is -0.373. The van der Waals surface area contributed by atoms with Crippen molar-refractivity contribution in [3.05, 3.63) is 63.6 Å². The highest BCUT2D eigenvalue weighted by Crippen LogP contribution is 2.25. The van der Waals surface area contributed by atoms with Gasteiger partial charge in [-0.05, 0) is 30.2 Å². The summed E-state index contributed by atoms with van der Waals surface area (Å²) in [6.45, 7) is 0.760. The molecule has 2 heterocycles. The Labute approximate surface area is 161 Å². The molecule has 2 atom stereocenters. The molecular formula is C18H18Cl2N4O2. The number of fused-ring (bicyclic) bond motifs is 1. The topological polar surface area (TPSA) is 77.3 Å². The van der Waals surface area contributed by atoms with Crippen molar-refractivity contribution in [2.75, 3.05) is 7.05 Å². The maximum Gasteiger partial charge on any atom is 0.319 e. The molecule has 2 aromatic carbocycles. The van der Waals surface area contributed by atoms with Crippen LogP contribution in [0.5, 0.6) is 0 Å². The fraction of sp³-hybridized carbons (Fsp3) is 0.278. The molecule has 6 nitrogen and oxygen atoms in total. The fourth-order valence-electron chi connectivity index (χ4n) is 2.74. The Balaban J connectivity index is 0.000000181. The predicted octanol–water partition coefficient (Wildman–Crippen LogP) is 4.16. The van der Waals surface area contributed by atoms with Gasteiger partial charge in [0.05, 0.1) is 18.3 Å². The summed E-state index contributed by atoms with van der Waals surface area (Å²) in [5, 5.41) is 21.4. The van der Waals surface area contributed by atoms with Gasteiger partial charge in [0.2, 0.25) is 0 Å². The van der Waals surface area contributed by atoms with Gasteiger partial charge in [-0.25, -0.2) is 4.79 Å². The number of azo groups is 1. The maximum absolute atomic E-state index is 11.3. The molecule has 0 radical (unpaired) electrons. The molecule has 0 spiro atoms. The van der Waals surface area contributed by atoms with E-state index in [0.29, 0.717) is 16.5 Å². The van der Waals surface area contributed by atoms with Gasteiger partial charge in [0.15, 0.2) is 6.23 Å². The zero-order chi connectivity index (χ0) is 18.7. The Morgan fingerprint density at radius 1 is 1.27 bits per heavy atom. The quantitative estimate of drug-likeness (QED) is 0.804. The number of hydrogen-bond donors (Lipinski definition) is 2. The third kappa shape index (κ3) is 4.15. The number of halogens is 2. The Morgan fingerprint density at radius 2 is 2.04 bits per heavy atom. The molecular weight excluding hydrogens is 375 g/mol. The maximum atomic E-state index is 11.3. The smallest absolute Gasteiger partial charge is 0.319 e. The van der Waals surface area contributed by atoms with Crippen LogP contribution in [-0.4, -0.2) is 35.4 Å². The third-order valence-corrected chi connectivity index (χ3v) is 4.84. The molecule has 136 valence electrons. The summed E-state index contributed by atoms with van der Waals surface area (Å²) in [4.78, 5) is 12.6. The Kier molecular flexibility index (Phi) is 5.76. The summed E-state index contributed by atoms with van der Waals surface area (Å²) in [5.41, 5.74) is 3.10. The van der Waals surface area contributed by atoms with Crippen LogP contribution in [0.4, 0.5) is 10.5 Å². The molecule has 0 aliphatic carbocycles. The first-order valence-electron chi connectivity index (χ1n) is 8.06.